The summed E-state index contributed by atoms with van der Waals surface area (Å²) in [5.74, 6) is -0.238. The van der Waals surface area contributed by atoms with Crippen LogP contribution >= 0.6 is 0 Å². The number of piperazine rings is 1. The highest BCUT2D eigenvalue weighted by Crippen LogP contribution is 2.34. The van der Waals surface area contributed by atoms with Gasteiger partial charge in [-0.3, -0.25) is 14.7 Å². The maximum atomic E-state index is 13.2. The third-order valence-corrected chi connectivity index (χ3v) is 7.35. The van der Waals surface area contributed by atoms with Crippen molar-refractivity contribution in [3.05, 3.63) is 83.2 Å². The van der Waals surface area contributed by atoms with Crippen LogP contribution in [0.1, 0.15) is 33.5 Å². The Labute approximate surface area is 225 Å². The lowest BCUT2D eigenvalue weighted by atomic mass is 9.96. The largest absolute Gasteiger partial charge is 0.416 e. The number of carbonyl (C=O) groups is 1. The van der Waals surface area contributed by atoms with Gasteiger partial charge in [0, 0.05) is 58.6 Å². The van der Waals surface area contributed by atoms with Gasteiger partial charge in [0.1, 0.15) is 0 Å². The van der Waals surface area contributed by atoms with E-state index in [0.717, 1.165) is 69.1 Å². The first-order valence-electron chi connectivity index (χ1n) is 13.1. The van der Waals surface area contributed by atoms with Gasteiger partial charge >= 0.3 is 6.18 Å². The first-order chi connectivity index (χ1) is 18.8. The number of ether oxygens (including phenoxy) is 1. The monoisotopic (exact) mass is 539 g/mol. The fraction of sp³-hybridized carbons (Fsp3) is 0.379. The second-order valence-corrected chi connectivity index (χ2v) is 9.95. The van der Waals surface area contributed by atoms with E-state index in [-0.39, 0.29) is 19.0 Å². The normalized spacial score (nSPS) is 18.1. The molecule has 5 rings (SSSR count). The van der Waals surface area contributed by atoms with Gasteiger partial charge in [0.05, 0.1) is 29.1 Å². The minimum absolute atomic E-state index is 0.128. The summed E-state index contributed by atoms with van der Waals surface area (Å²) >= 11 is 0. The van der Waals surface area contributed by atoms with E-state index < -0.39 is 11.7 Å². The summed E-state index contributed by atoms with van der Waals surface area (Å²) in [6.07, 6.45) is 0.400. The summed E-state index contributed by atoms with van der Waals surface area (Å²) in [6.45, 7) is 5.86. The topological polar surface area (TPSA) is 83.7 Å². The number of rotatable bonds is 8. The zero-order valence-electron chi connectivity index (χ0n) is 21.6. The Morgan fingerprint density at radius 2 is 1.79 bits per heavy atom. The molecule has 0 unspecified atom stereocenters. The molecule has 1 aromatic heterocycles. The molecule has 7 nitrogen and oxygen atoms in total. The number of hydrogen-bond donors (Lipinski definition) is 2. The molecule has 0 spiro atoms. The Bertz CT molecular complexity index is 1290. The molecule has 2 saturated heterocycles. The van der Waals surface area contributed by atoms with Crippen molar-refractivity contribution in [2.75, 3.05) is 44.2 Å². The highest BCUT2D eigenvalue weighted by Gasteiger charge is 2.31. The Kier molecular flexibility index (Phi) is 8.15. The molecule has 0 saturated carbocycles. The molecule has 3 N–H and O–H groups in total. The van der Waals surface area contributed by atoms with Gasteiger partial charge < -0.3 is 20.7 Å². The minimum atomic E-state index is -4.43. The smallest absolute Gasteiger partial charge is 0.377 e. The predicted octanol–water partition coefficient (Wildman–Crippen LogP) is 4.07. The second-order valence-electron chi connectivity index (χ2n) is 9.95. The number of carbonyl (C=O) groups excluding carboxylic acids is 1. The fourth-order valence-electron chi connectivity index (χ4n) is 4.92. The van der Waals surface area contributed by atoms with Crippen LogP contribution in [0, 0.1) is 0 Å². The third kappa shape index (κ3) is 6.58. The van der Waals surface area contributed by atoms with E-state index in [4.69, 9.17) is 10.5 Å². The summed E-state index contributed by atoms with van der Waals surface area (Å²) < 4.78 is 45.2. The third-order valence-electron chi connectivity index (χ3n) is 7.35. The number of pyridine rings is 1. The van der Waals surface area contributed by atoms with Gasteiger partial charge in [-0.15, -0.1) is 0 Å². The first-order valence-corrected chi connectivity index (χ1v) is 13.1. The zero-order valence-corrected chi connectivity index (χ0v) is 21.6. The maximum absolute atomic E-state index is 13.2. The van der Waals surface area contributed by atoms with Crippen LogP contribution in [0.15, 0.2) is 60.9 Å². The molecule has 3 aromatic rings. The molecule has 10 heteroatoms. The minimum Gasteiger partial charge on any atom is -0.377 e. The highest BCUT2D eigenvalue weighted by atomic mass is 19.4. The van der Waals surface area contributed by atoms with E-state index >= 15 is 0 Å². The summed E-state index contributed by atoms with van der Waals surface area (Å²) in [6, 6.07) is 12.5. The number of alkyl halides is 3. The van der Waals surface area contributed by atoms with Crippen molar-refractivity contribution < 1.29 is 22.7 Å². The van der Waals surface area contributed by atoms with E-state index in [1.165, 1.54) is 6.07 Å². The number of nitrogens with one attached hydrogen (secondary N) is 1. The molecule has 0 radical (unpaired) electrons. The molecule has 1 amide bonds. The van der Waals surface area contributed by atoms with Crippen molar-refractivity contribution in [2.45, 2.75) is 31.8 Å². The molecule has 1 atom stereocenters. The van der Waals surface area contributed by atoms with Crippen molar-refractivity contribution in [3.63, 3.8) is 0 Å². The van der Waals surface area contributed by atoms with Gasteiger partial charge in [0.2, 0.25) is 0 Å². The Morgan fingerprint density at radius 3 is 2.44 bits per heavy atom. The zero-order chi connectivity index (χ0) is 27.4. The highest BCUT2D eigenvalue weighted by molar-refractivity contribution is 5.94. The van der Waals surface area contributed by atoms with Gasteiger partial charge in [-0.25, -0.2) is 0 Å². The van der Waals surface area contributed by atoms with Crippen LogP contribution in [-0.2, 0) is 24.0 Å². The molecule has 0 aliphatic carbocycles. The number of hydrogen-bond acceptors (Lipinski definition) is 6. The van der Waals surface area contributed by atoms with Gasteiger partial charge in [0.25, 0.3) is 5.91 Å². The first kappa shape index (κ1) is 27.1. The van der Waals surface area contributed by atoms with Crippen LogP contribution in [-0.4, -0.2) is 61.2 Å². The van der Waals surface area contributed by atoms with E-state index in [2.05, 4.69) is 20.1 Å². The maximum Gasteiger partial charge on any atom is 0.416 e. The van der Waals surface area contributed by atoms with Gasteiger partial charge in [-0.1, -0.05) is 30.3 Å². The second kappa shape index (κ2) is 11.7. The SMILES string of the molecule is NCc1ccc(C(F)(F)F)cc1-c1ccc(CNC(=O)c2cncc(N3CCN(C[C@H]4CCO4)CC3)c2)cc1. The Balaban J connectivity index is 1.18. The Hall–Kier alpha value is -3.47. The molecule has 2 aliphatic rings. The van der Waals surface area contributed by atoms with Crippen LogP contribution in [0.25, 0.3) is 11.1 Å². The van der Waals surface area contributed by atoms with E-state index in [1.54, 1.807) is 36.7 Å². The summed E-state index contributed by atoms with van der Waals surface area (Å²) in [5.41, 5.74) is 8.97. The van der Waals surface area contributed by atoms with Gasteiger partial charge in [-0.2, -0.15) is 13.2 Å². The molecule has 2 aromatic carbocycles. The van der Waals surface area contributed by atoms with Gasteiger partial charge in [-0.05, 0) is 46.9 Å². The van der Waals surface area contributed by atoms with Crippen molar-refractivity contribution in [2.24, 2.45) is 5.73 Å². The molecule has 2 fully saturated rings. The lowest BCUT2D eigenvalue weighted by molar-refractivity contribution is -0.137. The molecule has 206 valence electrons. The molecule has 3 heterocycles. The van der Waals surface area contributed by atoms with Crippen LogP contribution in [0.3, 0.4) is 0 Å². The van der Waals surface area contributed by atoms with Crippen molar-refractivity contribution in [1.82, 2.24) is 15.2 Å². The van der Waals surface area contributed by atoms with Crippen LogP contribution < -0.4 is 16.0 Å². The molecule has 39 heavy (non-hydrogen) atoms. The van der Waals surface area contributed by atoms with E-state index in [0.29, 0.717) is 28.4 Å². The average Bonchev–Trinajstić information content (AvgIpc) is 2.93. The summed E-state index contributed by atoms with van der Waals surface area (Å²) in [5, 5.41) is 2.91. The number of amides is 1. The van der Waals surface area contributed by atoms with Crippen LogP contribution in [0.5, 0.6) is 0 Å². The fourth-order valence-corrected chi connectivity index (χ4v) is 4.92. The number of aromatic nitrogens is 1. The van der Waals surface area contributed by atoms with E-state index in [1.807, 2.05) is 6.07 Å². The van der Waals surface area contributed by atoms with Crippen LogP contribution in [0.4, 0.5) is 18.9 Å². The quantitative estimate of drug-likeness (QED) is 0.449. The number of nitrogens with two attached hydrogens (primary N) is 1. The molecule has 0 bridgehead atoms. The molecule has 2 aliphatic heterocycles. The number of nitrogens with zero attached hydrogens (tertiary/aromatic N) is 3. The summed E-state index contributed by atoms with van der Waals surface area (Å²) in [7, 11) is 0. The molecular weight excluding hydrogens is 507 g/mol. The van der Waals surface area contributed by atoms with E-state index in [9.17, 15) is 18.0 Å². The predicted molar refractivity (Wildman–Crippen MR) is 143 cm³/mol. The molecular formula is C29H32F3N5O2. The number of benzene rings is 2. The van der Waals surface area contributed by atoms with Crippen LogP contribution in [0.2, 0.25) is 0 Å². The van der Waals surface area contributed by atoms with Crippen molar-refractivity contribution in [1.29, 1.82) is 0 Å². The number of halogens is 3. The lowest BCUT2D eigenvalue weighted by Gasteiger charge is -2.39. The van der Waals surface area contributed by atoms with Gasteiger partial charge in [0.15, 0.2) is 0 Å². The standard InChI is InChI=1S/C29H32F3N5O2/c30-29(31,32)24-6-5-22(15-33)27(14-24)21-3-1-20(2-4-21)16-35-28(38)23-13-25(18-34-17-23)37-10-8-36(9-11-37)19-26-7-12-39-26/h1-6,13-14,17-18,26H,7-12,15-16,19,33H2,(H,35,38)/t26-/m1/s1. The summed E-state index contributed by atoms with van der Waals surface area (Å²) in [4.78, 5) is 21.8. The Morgan fingerprint density at radius 1 is 1.05 bits per heavy atom. The lowest BCUT2D eigenvalue weighted by Crippen LogP contribution is -2.50. The van der Waals surface area contributed by atoms with Crippen molar-refractivity contribution >= 4 is 11.6 Å². The number of anilines is 1. The van der Waals surface area contributed by atoms with Crippen molar-refractivity contribution in [3.8, 4) is 11.1 Å². The average molecular weight is 540 g/mol.